The van der Waals surface area contributed by atoms with Crippen LogP contribution in [0.1, 0.15) is 19.8 Å². The van der Waals surface area contributed by atoms with Crippen LogP contribution in [-0.2, 0) is 14.4 Å². The van der Waals surface area contributed by atoms with Crippen LogP contribution in [0.15, 0.2) is 12.3 Å². The van der Waals surface area contributed by atoms with Gasteiger partial charge in [0.15, 0.2) is 0 Å². The maximum Gasteiger partial charge on any atom is 0.329 e. The van der Waals surface area contributed by atoms with Gasteiger partial charge in [-0.2, -0.15) is 0 Å². The van der Waals surface area contributed by atoms with E-state index in [0.717, 1.165) is 11.5 Å². The quantitative estimate of drug-likeness (QED) is 0.557. The number of carbonyl (C=O) groups is 2. The van der Waals surface area contributed by atoms with E-state index in [9.17, 15) is 9.59 Å². The van der Waals surface area contributed by atoms with Gasteiger partial charge < -0.3 is 4.84 Å². The van der Waals surface area contributed by atoms with Crippen LogP contribution in [0.4, 0.5) is 0 Å². The Morgan fingerprint density at radius 2 is 2.45 bits per heavy atom. The van der Waals surface area contributed by atoms with Gasteiger partial charge in [-0.05, 0) is 6.42 Å². The third kappa shape index (κ3) is 2.07. The molecule has 0 aromatic rings. The number of rotatable bonds is 1. The maximum absolute atomic E-state index is 10.9. The molecule has 0 unspecified atom stereocenters. The molecule has 1 aliphatic heterocycles. The molecule has 1 heterocycles. The Morgan fingerprint density at radius 3 is 3.00 bits per heavy atom. The number of hydrogen-bond acceptors (Lipinski definition) is 3. The van der Waals surface area contributed by atoms with E-state index in [1.165, 1.54) is 13.1 Å². The average Bonchev–Trinajstić information content (AvgIpc) is 1.93. The van der Waals surface area contributed by atoms with Crippen LogP contribution >= 0.6 is 0 Å². The molecule has 0 aliphatic carbocycles. The lowest BCUT2D eigenvalue weighted by Crippen LogP contribution is -2.29. The molecular weight excluding hydrogens is 146 g/mol. The highest BCUT2D eigenvalue weighted by Crippen LogP contribution is 2.07. The lowest BCUT2D eigenvalue weighted by atomic mass is 10.2. The molecule has 4 heteroatoms. The summed E-state index contributed by atoms with van der Waals surface area (Å²) in [6.07, 6.45) is 4.37. The molecular formula is C7H9NO3. The molecule has 0 spiro atoms. The first-order valence-electron chi connectivity index (χ1n) is 3.37. The van der Waals surface area contributed by atoms with E-state index in [1.807, 2.05) is 0 Å². The topological polar surface area (TPSA) is 46.6 Å². The molecule has 0 fully saturated rings. The highest BCUT2D eigenvalue weighted by Gasteiger charge is 2.15. The minimum absolute atomic E-state index is 0.178. The summed E-state index contributed by atoms with van der Waals surface area (Å²) in [6, 6.07) is 0. The van der Waals surface area contributed by atoms with Gasteiger partial charge in [-0.15, -0.1) is 5.06 Å². The van der Waals surface area contributed by atoms with Gasteiger partial charge in [0.2, 0.25) is 0 Å². The number of nitrogens with zero attached hydrogens (tertiary/aromatic N) is 1. The summed E-state index contributed by atoms with van der Waals surface area (Å²) in [6.45, 7) is 1.26. The zero-order chi connectivity index (χ0) is 8.27. The summed E-state index contributed by atoms with van der Waals surface area (Å²) in [7, 11) is 0. The van der Waals surface area contributed by atoms with Crippen molar-refractivity contribution in [3.05, 3.63) is 12.3 Å². The van der Waals surface area contributed by atoms with Crippen molar-refractivity contribution < 1.29 is 14.4 Å². The molecule has 0 saturated carbocycles. The predicted octanol–water partition coefficient (Wildman–Crippen LogP) is 0.601. The first-order chi connectivity index (χ1) is 5.20. The van der Waals surface area contributed by atoms with Crippen molar-refractivity contribution in [2.24, 2.45) is 0 Å². The molecule has 60 valence electrons. The number of hydrogen-bond donors (Lipinski definition) is 0. The zero-order valence-corrected chi connectivity index (χ0v) is 6.24. The molecule has 1 amide bonds. The van der Waals surface area contributed by atoms with Crippen LogP contribution in [0.5, 0.6) is 0 Å². The van der Waals surface area contributed by atoms with Crippen molar-refractivity contribution in [1.82, 2.24) is 5.06 Å². The monoisotopic (exact) mass is 155 g/mol. The Hall–Kier alpha value is -1.32. The Morgan fingerprint density at radius 1 is 1.73 bits per heavy atom. The van der Waals surface area contributed by atoms with Crippen LogP contribution in [0.25, 0.3) is 0 Å². The van der Waals surface area contributed by atoms with Gasteiger partial charge in [0.1, 0.15) is 0 Å². The van der Waals surface area contributed by atoms with Crippen LogP contribution in [-0.4, -0.2) is 16.9 Å². The van der Waals surface area contributed by atoms with E-state index in [-0.39, 0.29) is 5.91 Å². The van der Waals surface area contributed by atoms with Gasteiger partial charge in [0.05, 0.1) is 0 Å². The smallest absolute Gasteiger partial charge is 0.329 e. The van der Waals surface area contributed by atoms with Crippen molar-refractivity contribution in [3.63, 3.8) is 0 Å². The first kappa shape index (κ1) is 7.78. The van der Waals surface area contributed by atoms with E-state index < -0.39 is 5.97 Å². The second kappa shape index (κ2) is 3.18. The third-order valence-corrected chi connectivity index (χ3v) is 1.24. The minimum Gasteiger partial charge on any atom is -0.334 e. The largest absolute Gasteiger partial charge is 0.334 e. The summed E-state index contributed by atoms with van der Waals surface area (Å²) in [4.78, 5) is 25.9. The fraction of sp³-hybridized carbons (Fsp3) is 0.429. The molecule has 0 bridgehead atoms. The Labute approximate surface area is 64.4 Å². The van der Waals surface area contributed by atoms with Gasteiger partial charge >= 0.3 is 5.97 Å². The second-order valence-electron chi connectivity index (χ2n) is 2.23. The first-order valence-corrected chi connectivity index (χ1v) is 3.37. The van der Waals surface area contributed by atoms with Gasteiger partial charge in [-0.25, -0.2) is 4.79 Å². The summed E-state index contributed by atoms with van der Waals surface area (Å²) >= 11 is 0. The van der Waals surface area contributed by atoms with Crippen molar-refractivity contribution in [2.75, 3.05) is 0 Å². The van der Waals surface area contributed by atoms with Crippen molar-refractivity contribution in [1.29, 1.82) is 0 Å². The van der Waals surface area contributed by atoms with Crippen LogP contribution in [0.3, 0.4) is 0 Å². The Kier molecular flexibility index (Phi) is 2.25. The fourth-order valence-corrected chi connectivity index (χ4v) is 0.790. The minimum atomic E-state index is -0.482. The molecule has 0 saturated heterocycles. The lowest BCUT2D eigenvalue weighted by molar-refractivity contribution is -0.186. The van der Waals surface area contributed by atoms with Gasteiger partial charge in [-0.3, -0.25) is 4.79 Å². The van der Waals surface area contributed by atoms with Crippen molar-refractivity contribution in [3.8, 4) is 0 Å². The van der Waals surface area contributed by atoms with Crippen LogP contribution < -0.4 is 0 Å². The summed E-state index contributed by atoms with van der Waals surface area (Å²) in [5, 5.41) is 0.964. The van der Waals surface area contributed by atoms with Gasteiger partial charge in [0, 0.05) is 19.5 Å². The molecule has 0 atom stereocenters. The third-order valence-electron chi connectivity index (χ3n) is 1.24. The zero-order valence-electron chi connectivity index (χ0n) is 6.24. The van der Waals surface area contributed by atoms with E-state index in [2.05, 4.69) is 4.84 Å². The average molecular weight is 155 g/mol. The summed E-state index contributed by atoms with van der Waals surface area (Å²) < 4.78 is 0. The SMILES string of the molecule is CC(=O)ON1C=CCCC1=O. The van der Waals surface area contributed by atoms with Crippen LogP contribution in [0, 0.1) is 0 Å². The highest BCUT2D eigenvalue weighted by atomic mass is 16.7. The number of amides is 1. The molecule has 0 aromatic heterocycles. The summed E-state index contributed by atoms with van der Waals surface area (Å²) in [5.74, 6) is -0.660. The Balaban J connectivity index is 2.55. The lowest BCUT2D eigenvalue weighted by Gasteiger charge is -2.18. The van der Waals surface area contributed by atoms with E-state index in [1.54, 1.807) is 6.08 Å². The van der Waals surface area contributed by atoms with Gasteiger partial charge in [0.25, 0.3) is 5.91 Å². The second-order valence-corrected chi connectivity index (χ2v) is 2.23. The van der Waals surface area contributed by atoms with Crippen molar-refractivity contribution in [2.45, 2.75) is 19.8 Å². The van der Waals surface area contributed by atoms with Crippen LogP contribution in [0.2, 0.25) is 0 Å². The van der Waals surface area contributed by atoms with Crippen molar-refractivity contribution >= 4 is 11.9 Å². The van der Waals surface area contributed by atoms with E-state index in [0.29, 0.717) is 6.42 Å². The fourth-order valence-electron chi connectivity index (χ4n) is 0.790. The number of allylic oxidation sites excluding steroid dienone is 1. The number of carbonyl (C=O) groups excluding carboxylic acids is 2. The molecule has 0 N–H and O–H groups in total. The molecule has 1 rings (SSSR count). The standard InChI is InChI=1S/C7H9NO3/c1-6(9)11-8-5-3-2-4-7(8)10/h3,5H,2,4H2,1H3. The molecule has 0 radical (unpaired) electrons. The number of hydroxylamine groups is 2. The Bertz CT molecular complexity index is 210. The molecule has 11 heavy (non-hydrogen) atoms. The molecule has 1 aliphatic rings. The van der Waals surface area contributed by atoms with Gasteiger partial charge in [-0.1, -0.05) is 6.08 Å². The predicted molar refractivity (Wildman–Crippen MR) is 37.0 cm³/mol. The molecule has 4 nitrogen and oxygen atoms in total. The normalized spacial score (nSPS) is 16.8. The highest BCUT2D eigenvalue weighted by molar-refractivity contribution is 5.79. The summed E-state index contributed by atoms with van der Waals surface area (Å²) in [5.41, 5.74) is 0. The van der Waals surface area contributed by atoms with E-state index in [4.69, 9.17) is 0 Å². The maximum atomic E-state index is 10.9. The van der Waals surface area contributed by atoms with E-state index >= 15 is 0 Å². The molecule has 0 aromatic carbocycles.